The van der Waals surface area contributed by atoms with Gasteiger partial charge in [0.15, 0.2) is 0 Å². The van der Waals surface area contributed by atoms with E-state index >= 15 is 0 Å². The van der Waals surface area contributed by atoms with Gasteiger partial charge in [-0.2, -0.15) is 13.2 Å². The molecule has 2 aromatic carbocycles. The maximum absolute atomic E-state index is 13.8. The molecule has 6 rings (SSSR count). The molecule has 1 saturated carbocycles. The fraction of sp³-hybridized carbons (Fsp3) is 0.471. The van der Waals surface area contributed by atoms with Gasteiger partial charge in [-0.25, -0.2) is 23.5 Å². The highest BCUT2D eigenvalue weighted by atomic mass is 35.5. The number of hydrogen-bond donors (Lipinski definition) is 0. The molecule has 3 heterocycles. The van der Waals surface area contributed by atoms with Crippen LogP contribution in [0.25, 0.3) is 11.1 Å². The molecule has 3 aliphatic rings. The van der Waals surface area contributed by atoms with Gasteiger partial charge in [0.1, 0.15) is 6.10 Å². The summed E-state index contributed by atoms with van der Waals surface area (Å²) < 4.78 is 78.8. The quantitative estimate of drug-likeness (QED) is 0.183. The van der Waals surface area contributed by atoms with Crippen LogP contribution in [-0.4, -0.2) is 59.1 Å². The molecule has 1 aliphatic carbocycles. The molecule has 0 bridgehead atoms. The lowest BCUT2D eigenvalue weighted by atomic mass is 9.78. The van der Waals surface area contributed by atoms with Crippen LogP contribution in [0.15, 0.2) is 42.6 Å². The van der Waals surface area contributed by atoms with Crippen molar-refractivity contribution in [1.29, 1.82) is 0 Å². The largest absolute Gasteiger partial charge is 0.469 e. The summed E-state index contributed by atoms with van der Waals surface area (Å²) in [7, 11) is 1.38. The SMILES string of the molecule is COC(=O)[C@H]1CC[C@H](c2ccc(Cl)c(-c3cnc(N4CC(F)(F)C4)nc3CN3C(=O)O[C@H](c4cc(C)cc(C(F)(F)F)c4)[C@@H]3C)c2)CC1. The predicted molar refractivity (Wildman–Crippen MR) is 167 cm³/mol. The van der Waals surface area contributed by atoms with Crippen LogP contribution >= 0.6 is 11.6 Å². The number of halogens is 6. The molecule has 8 nitrogen and oxygen atoms in total. The zero-order valence-electron chi connectivity index (χ0n) is 26.5. The highest BCUT2D eigenvalue weighted by molar-refractivity contribution is 6.33. The minimum Gasteiger partial charge on any atom is -0.469 e. The molecule has 2 aliphatic heterocycles. The summed E-state index contributed by atoms with van der Waals surface area (Å²) in [5, 5.41) is 0.379. The Morgan fingerprint density at radius 1 is 1.06 bits per heavy atom. The summed E-state index contributed by atoms with van der Waals surface area (Å²) >= 11 is 6.72. The summed E-state index contributed by atoms with van der Waals surface area (Å²) in [6.07, 6.45) is -1.95. The Labute approximate surface area is 279 Å². The third-order valence-corrected chi connectivity index (χ3v) is 9.79. The summed E-state index contributed by atoms with van der Waals surface area (Å²) in [5.41, 5.74) is 2.07. The van der Waals surface area contributed by atoms with E-state index in [-0.39, 0.29) is 35.9 Å². The van der Waals surface area contributed by atoms with Gasteiger partial charge in [-0.3, -0.25) is 9.69 Å². The third-order valence-electron chi connectivity index (χ3n) is 9.46. The van der Waals surface area contributed by atoms with E-state index in [1.165, 1.54) is 30.0 Å². The van der Waals surface area contributed by atoms with Crippen molar-refractivity contribution in [2.45, 2.75) is 76.2 Å². The second-order valence-corrected chi connectivity index (χ2v) is 13.3. The lowest BCUT2D eigenvalue weighted by Crippen LogP contribution is -2.57. The average molecular weight is 693 g/mol. The van der Waals surface area contributed by atoms with Crippen molar-refractivity contribution in [2.24, 2.45) is 5.92 Å². The van der Waals surface area contributed by atoms with E-state index in [4.69, 9.17) is 21.1 Å². The van der Waals surface area contributed by atoms with Crippen molar-refractivity contribution >= 4 is 29.6 Å². The first kappa shape index (κ1) is 33.9. The average Bonchev–Trinajstić information content (AvgIpc) is 3.31. The number of cyclic esters (lactones) is 1. The first-order valence-electron chi connectivity index (χ1n) is 15.7. The van der Waals surface area contributed by atoms with E-state index in [0.29, 0.717) is 40.2 Å². The summed E-state index contributed by atoms with van der Waals surface area (Å²) in [6, 6.07) is 8.46. The summed E-state index contributed by atoms with van der Waals surface area (Å²) in [4.78, 5) is 37.0. The van der Waals surface area contributed by atoms with E-state index in [2.05, 4.69) is 9.97 Å². The van der Waals surface area contributed by atoms with Gasteiger partial charge in [-0.1, -0.05) is 29.3 Å². The van der Waals surface area contributed by atoms with Crippen LogP contribution in [0, 0.1) is 12.8 Å². The van der Waals surface area contributed by atoms with Crippen LogP contribution in [0.3, 0.4) is 0 Å². The fourth-order valence-electron chi connectivity index (χ4n) is 6.85. The Hall–Kier alpha value is -4.00. The molecule has 3 aromatic rings. The van der Waals surface area contributed by atoms with Crippen LogP contribution in [0.4, 0.5) is 32.7 Å². The monoisotopic (exact) mass is 692 g/mol. The van der Waals surface area contributed by atoms with Gasteiger partial charge in [0, 0.05) is 22.3 Å². The molecule has 1 amide bonds. The Bertz CT molecular complexity index is 1720. The van der Waals surface area contributed by atoms with Crippen molar-refractivity contribution in [3.63, 3.8) is 0 Å². The molecule has 256 valence electrons. The number of anilines is 1. The zero-order valence-corrected chi connectivity index (χ0v) is 27.2. The predicted octanol–water partition coefficient (Wildman–Crippen LogP) is 8.11. The molecular formula is C34H34ClF5N4O4. The second kappa shape index (κ2) is 12.8. The molecule has 48 heavy (non-hydrogen) atoms. The number of methoxy groups -OCH3 is 1. The maximum atomic E-state index is 13.8. The minimum absolute atomic E-state index is 0.0540. The van der Waals surface area contributed by atoms with Crippen molar-refractivity contribution in [3.05, 3.63) is 75.6 Å². The molecule has 0 unspecified atom stereocenters. The van der Waals surface area contributed by atoms with Crippen molar-refractivity contribution in [2.75, 3.05) is 25.1 Å². The first-order chi connectivity index (χ1) is 22.6. The van der Waals surface area contributed by atoms with Crippen LogP contribution in [0.1, 0.15) is 72.6 Å². The Morgan fingerprint density at radius 2 is 1.77 bits per heavy atom. The van der Waals surface area contributed by atoms with Gasteiger partial charge in [0.05, 0.1) is 50.0 Å². The van der Waals surface area contributed by atoms with Crippen LogP contribution in [0.2, 0.25) is 5.02 Å². The standard InChI is InChI=1S/C34H34ClF5N4O4/c1-18-10-23(12-24(11-18)34(38,39)40)29-19(2)44(32(46)48-29)15-28-26(14-41-31(42-28)43-16-33(36,37)17-43)25-13-22(8-9-27(25)35)20-4-6-21(7-5-20)30(45)47-3/h8-14,19-21,29H,4-7,15-17H2,1-3H3/t19-,20-,21-,29-/m0/s1. The topological polar surface area (TPSA) is 84.9 Å². The number of amides is 1. The van der Waals surface area contributed by atoms with E-state index < -0.39 is 49.0 Å². The lowest BCUT2D eigenvalue weighted by molar-refractivity contribution is -0.146. The zero-order chi connectivity index (χ0) is 34.5. The maximum Gasteiger partial charge on any atom is 0.416 e. The van der Waals surface area contributed by atoms with E-state index in [9.17, 15) is 31.5 Å². The van der Waals surface area contributed by atoms with Gasteiger partial charge >= 0.3 is 18.2 Å². The Morgan fingerprint density at radius 3 is 2.42 bits per heavy atom. The minimum atomic E-state index is -4.58. The van der Waals surface area contributed by atoms with Crippen molar-refractivity contribution < 1.29 is 41.0 Å². The van der Waals surface area contributed by atoms with E-state index in [1.807, 2.05) is 12.1 Å². The highest BCUT2D eigenvalue weighted by Crippen LogP contribution is 2.42. The van der Waals surface area contributed by atoms with Crippen LogP contribution < -0.4 is 4.90 Å². The Balaban J connectivity index is 1.32. The summed E-state index contributed by atoms with van der Waals surface area (Å²) in [6.45, 7) is 1.94. The number of aromatic nitrogens is 2. The Kier molecular flexibility index (Phi) is 9.03. The number of aryl methyl sites for hydroxylation is 1. The lowest BCUT2D eigenvalue weighted by Gasteiger charge is -2.38. The molecule has 0 radical (unpaired) electrons. The first-order valence-corrected chi connectivity index (χ1v) is 16.0. The number of alkyl halides is 5. The third kappa shape index (κ3) is 6.79. The van der Waals surface area contributed by atoms with Gasteiger partial charge in [-0.05, 0) is 80.8 Å². The second-order valence-electron chi connectivity index (χ2n) is 12.9. The van der Waals surface area contributed by atoms with Crippen molar-refractivity contribution in [3.8, 4) is 11.1 Å². The number of carbonyl (C=O) groups is 2. The molecule has 14 heteroatoms. The van der Waals surface area contributed by atoms with Gasteiger partial charge in [0.25, 0.3) is 5.92 Å². The molecule has 2 atom stereocenters. The number of benzene rings is 2. The van der Waals surface area contributed by atoms with Gasteiger partial charge in [0.2, 0.25) is 5.95 Å². The summed E-state index contributed by atoms with van der Waals surface area (Å²) in [5.74, 6) is -3.04. The van der Waals surface area contributed by atoms with Crippen molar-refractivity contribution in [1.82, 2.24) is 14.9 Å². The van der Waals surface area contributed by atoms with Crippen LogP contribution in [0.5, 0.6) is 0 Å². The fourth-order valence-corrected chi connectivity index (χ4v) is 7.07. The van der Waals surface area contributed by atoms with Gasteiger partial charge in [-0.15, -0.1) is 0 Å². The highest BCUT2D eigenvalue weighted by Gasteiger charge is 2.46. The molecule has 0 N–H and O–H groups in total. The number of esters is 1. The number of hydrogen-bond acceptors (Lipinski definition) is 7. The molecule has 1 aromatic heterocycles. The number of rotatable bonds is 7. The molecular weight excluding hydrogens is 659 g/mol. The van der Waals surface area contributed by atoms with Gasteiger partial charge < -0.3 is 14.4 Å². The van der Waals surface area contributed by atoms with Crippen LogP contribution in [-0.2, 0) is 27.0 Å². The molecule has 0 spiro atoms. The number of nitrogens with zero attached hydrogens (tertiary/aromatic N) is 4. The number of carbonyl (C=O) groups excluding carboxylic acids is 2. The molecule has 3 fully saturated rings. The molecule has 2 saturated heterocycles. The van der Waals surface area contributed by atoms with E-state index in [0.717, 1.165) is 30.5 Å². The normalized spacial score (nSPS) is 23.9. The number of ether oxygens (including phenoxy) is 2. The van der Waals surface area contributed by atoms with E-state index in [1.54, 1.807) is 19.1 Å². The smallest absolute Gasteiger partial charge is 0.416 e.